The lowest BCUT2D eigenvalue weighted by molar-refractivity contribution is 0.172. The Balaban J connectivity index is 1.86. The van der Waals surface area contributed by atoms with Crippen LogP contribution < -0.4 is 9.47 Å². The maximum atomic E-state index is 9.50. The number of benzene rings is 2. The Morgan fingerprint density at radius 3 is 2.62 bits per heavy atom. The summed E-state index contributed by atoms with van der Waals surface area (Å²) in [5, 5.41) is 9.50. The number of aromatic hydroxyl groups is 1. The van der Waals surface area contributed by atoms with Gasteiger partial charge in [0.1, 0.15) is 24.8 Å². The van der Waals surface area contributed by atoms with E-state index in [1.807, 2.05) is 25.1 Å². The van der Waals surface area contributed by atoms with Crippen molar-refractivity contribution < 1.29 is 14.6 Å². The zero-order valence-corrected chi connectivity index (χ0v) is 11.5. The molecular weight excluding hydrogens is 268 g/mol. The van der Waals surface area contributed by atoms with Crippen LogP contribution in [0, 0.1) is 6.92 Å². The number of imidazole rings is 1. The molecule has 1 aliphatic rings. The Hall–Kier alpha value is -2.69. The normalized spacial score (nSPS) is 13.6. The molecule has 0 aliphatic carbocycles. The zero-order valence-electron chi connectivity index (χ0n) is 11.5. The van der Waals surface area contributed by atoms with Gasteiger partial charge in [-0.05, 0) is 30.7 Å². The minimum absolute atomic E-state index is 0.254. The summed E-state index contributed by atoms with van der Waals surface area (Å²) in [4.78, 5) is 7.90. The molecule has 0 spiro atoms. The van der Waals surface area contributed by atoms with Crippen LogP contribution in [-0.4, -0.2) is 28.3 Å². The molecule has 5 nitrogen and oxygen atoms in total. The maximum absolute atomic E-state index is 9.50. The Morgan fingerprint density at radius 1 is 1.10 bits per heavy atom. The second kappa shape index (κ2) is 4.41. The molecule has 3 aromatic rings. The molecule has 0 bridgehead atoms. The number of ether oxygens (including phenoxy) is 2. The van der Waals surface area contributed by atoms with E-state index >= 15 is 0 Å². The summed E-state index contributed by atoms with van der Waals surface area (Å²) in [5.74, 6) is 2.50. The number of phenolic OH excluding ortho intramolecular Hbond substituents is 1. The van der Waals surface area contributed by atoms with E-state index in [2.05, 4.69) is 9.97 Å². The van der Waals surface area contributed by atoms with Gasteiger partial charge in [0.25, 0.3) is 0 Å². The molecule has 0 radical (unpaired) electrons. The van der Waals surface area contributed by atoms with E-state index in [-0.39, 0.29) is 5.75 Å². The molecular formula is C16H14N2O3. The second-order valence-corrected chi connectivity index (χ2v) is 5.10. The Bertz CT molecular complexity index is 796. The van der Waals surface area contributed by atoms with Crippen molar-refractivity contribution in [2.45, 2.75) is 6.92 Å². The quantitative estimate of drug-likeness (QED) is 0.720. The number of nitrogens with one attached hydrogen (secondary N) is 1. The monoisotopic (exact) mass is 282 g/mol. The van der Waals surface area contributed by atoms with Crippen LogP contribution in [0.3, 0.4) is 0 Å². The van der Waals surface area contributed by atoms with Gasteiger partial charge in [0, 0.05) is 17.7 Å². The number of aryl methyl sites for hydroxylation is 1. The second-order valence-electron chi connectivity index (χ2n) is 5.10. The summed E-state index contributed by atoms with van der Waals surface area (Å²) in [6.07, 6.45) is 0. The van der Waals surface area contributed by atoms with Gasteiger partial charge in [-0.2, -0.15) is 0 Å². The van der Waals surface area contributed by atoms with Crippen molar-refractivity contribution in [3.05, 3.63) is 35.9 Å². The van der Waals surface area contributed by atoms with E-state index in [4.69, 9.17) is 9.47 Å². The van der Waals surface area contributed by atoms with Gasteiger partial charge in [-0.15, -0.1) is 0 Å². The van der Waals surface area contributed by atoms with Crippen LogP contribution in [0.25, 0.3) is 22.4 Å². The zero-order chi connectivity index (χ0) is 14.4. The average molecular weight is 282 g/mol. The van der Waals surface area contributed by atoms with E-state index < -0.39 is 0 Å². The van der Waals surface area contributed by atoms with E-state index in [1.54, 1.807) is 12.1 Å². The van der Waals surface area contributed by atoms with Gasteiger partial charge in [-0.3, -0.25) is 0 Å². The number of hydrogen-bond donors (Lipinski definition) is 2. The van der Waals surface area contributed by atoms with Crippen LogP contribution in [0.1, 0.15) is 5.56 Å². The summed E-state index contributed by atoms with van der Waals surface area (Å²) in [6, 6.07) is 9.04. The Morgan fingerprint density at radius 2 is 1.86 bits per heavy atom. The van der Waals surface area contributed by atoms with Crippen LogP contribution >= 0.6 is 0 Å². The van der Waals surface area contributed by atoms with Crippen molar-refractivity contribution in [3.8, 4) is 28.6 Å². The molecule has 0 fully saturated rings. The Kier molecular flexibility index (Phi) is 2.54. The first-order valence-electron chi connectivity index (χ1n) is 6.80. The summed E-state index contributed by atoms with van der Waals surface area (Å²) in [7, 11) is 0. The fourth-order valence-corrected chi connectivity index (χ4v) is 2.59. The van der Waals surface area contributed by atoms with Crippen molar-refractivity contribution in [3.63, 3.8) is 0 Å². The topological polar surface area (TPSA) is 67.4 Å². The van der Waals surface area contributed by atoms with E-state index in [0.29, 0.717) is 13.2 Å². The first-order chi connectivity index (χ1) is 10.2. The number of fused-ring (bicyclic) bond motifs is 2. The smallest absolute Gasteiger partial charge is 0.163 e. The van der Waals surface area contributed by atoms with Crippen molar-refractivity contribution in [1.29, 1.82) is 0 Å². The fourth-order valence-electron chi connectivity index (χ4n) is 2.59. The van der Waals surface area contributed by atoms with E-state index in [0.717, 1.165) is 39.5 Å². The lowest BCUT2D eigenvalue weighted by Crippen LogP contribution is -2.15. The van der Waals surface area contributed by atoms with Crippen molar-refractivity contribution in [2.75, 3.05) is 13.2 Å². The molecule has 106 valence electrons. The minimum Gasteiger partial charge on any atom is -0.508 e. The molecule has 1 aromatic heterocycles. The van der Waals surface area contributed by atoms with E-state index in [1.165, 1.54) is 0 Å². The minimum atomic E-state index is 0.254. The number of phenols is 1. The average Bonchev–Trinajstić information content (AvgIpc) is 2.87. The van der Waals surface area contributed by atoms with Crippen molar-refractivity contribution >= 4 is 11.0 Å². The molecule has 0 saturated heterocycles. The summed E-state index contributed by atoms with van der Waals surface area (Å²) >= 11 is 0. The molecule has 0 unspecified atom stereocenters. The SMILES string of the molecule is Cc1cc(O)ccc1-c1nc2cc3c(cc2[nH]1)OCCO3. The lowest BCUT2D eigenvalue weighted by Gasteiger charge is -2.17. The van der Waals surface area contributed by atoms with Crippen LogP contribution in [0.2, 0.25) is 0 Å². The van der Waals surface area contributed by atoms with Crippen LogP contribution in [0.15, 0.2) is 30.3 Å². The van der Waals surface area contributed by atoms with Crippen LogP contribution in [-0.2, 0) is 0 Å². The van der Waals surface area contributed by atoms with Crippen LogP contribution in [0.4, 0.5) is 0 Å². The van der Waals surface area contributed by atoms with E-state index in [9.17, 15) is 5.11 Å². The highest BCUT2D eigenvalue weighted by molar-refractivity contribution is 5.83. The van der Waals surface area contributed by atoms with Crippen molar-refractivity contribution in [2.24, 2.45) is 0 Å². The molecule has 2 N–H and O–H groups in total. The molecule has 0 atom stereocenters. The van der Waals surface area contributed by atoms with Gasteiger partial charge < -0.3 is 19.6 Å². The van der Waals surface area contributed by atoms with Crippen LogP contribution in [0.5, 0.6) is 17.2 Å². The third kappa shape index (κ3) is 1.98. The molecule has 5 heteroatoms. The first kappa shape index (κ1) is 12.1. The van der Waals surface area contributed by atoms with Crippen molar-refractivity contribution in [1.82, 2.24) is 9.97 Å². The standard InChI is InChI=1S/C16H14N2O3/c1-9-6-10(19)2-3-11(9)16-17-12-7-14-15(8-13(12)18-16)21-5-4-20-14/h2-3,6-8,19H,4-5H2,1H3,(H,17,18). The number of nitrogens with zero attached hydrogens (tertiary/aromatic N) is 1. The molecule has 4 rings (SSSR count). The lowest BCUT2D eigenvalue weighted by atomic mass is 10.1. The fraction of sp³-hybridized carbons (Fsp3) is 0.188. The van der Waals surface area contributed by atoms with Gasteiger partial charge in [-0.1, -0.05) is 0 Å². The highest BCUT2D eigenvalue weighted by atomic mass is 16.6. The maximum Gasteiger partial charge on any atom is 0.163 e. The molecule has 21 heavy (non-hydrogen) atoms. The molecule has 2 aromatic carbocycles. The summed E-state index contributed by atoms with van der Waals surface area (Å²) in [5.41, 5.74) is 3.67. The number of H-pyrrole nitrogens is 1. The third-order valence-corrected chi connectivity index (χ3v) is 3.61. The third-order valence-electron chi connectivity index (χ3n) is 3.61. The molecule has 0 amide bonds. The van der Waals surface area contributed by atoms with Gasteiger partial charge in [0.15, 0.2) is 11.5 Å². The highest BCUT2D eigenvalue weighted by Gasteiger charge is 2.15. The summed E-state index contributed by atoms with van der Waals surface area (Å²) in [6.45, 7) is 3.07. The predicted molar refractivity (Wildman–Crippen MR) is 78.9 cm³/mol. The van der Waals surface area contributed by atoms with Gasteiger partial charge in [0.05, 0.1) is 11.0 Å². The van der Waals surface area contributed by atoms with Gasteiger partial charge in [-0.25, -0.2) is 4.98 Å². The predicted octanol–water partition coefficient (Wildman–Crippen LogP) is 3.02. The van der Waals surface area contributed by atoms with Gasteiger partial charge >= 0.3 is 0 Å². The Labute approximate surface area is 121 Å². The number of aromatic nitrogens is 2. The number of rotatable bonds is 1. The molecule has 2 heterocycles. The molecule has 1 aliphatic heterocycles. The van der Waals surface area contributed by atoms with Gasteiger partial charge in [0.2, 0.25) is 0 Å². The largest absolute Gasteiger partial charge is 0.508 e. The highest BCUT2D eigenvalue weighted by Crippen LogP contribution is 2.35. The number of hydrogen-bond acceptors (Lipinski definition) is 4. The summed E-state index contributed by atoms with van der Waals surface area (Å²) < 4.78 is 11.2. The first-order valence-corrected chi connectivity index (χ1v) is 6.80. The molecule has 0 saturated carbocycles. The number of aromatic amines is 1.